The lowest BCUT2D eigenvalue weighted by Gasteiger charge is -2.35. The number of benzene rings is 1. The molecule has 0 aromatic heterocycles. The lowest BCUT2D eigenvalue weighted by molar-refractivity contribution is -0.383. The van der Waals surface area contributed by atoms with Gasteiger partial charge in [-0.1, -0.05) is 6.07 Å². The third kappa shape index (κ3) is 3.01. The Hall–Kier alpha value is -1.82. The lowest BCUT2D eigenvalue weighted by atomic mass is 9.98. The highest BCUT2D eigenvalue weighted by molar-refractivity contribution is 5.76. The Morgan fingerprint density at radius 3 is 2.70 bits per heavy atom. The molecule has 1 fully saturated rings. The molecule has 1 aliphatic rings. The molecule has 6 nitrogen and oxygen atoms in total. The first-order valence-corrected chi connectivity index (χ1v) is 6.95. The van der Waals surface area contributed by atoms with Gasteiger partial charge in [0.25, 0.3) is 0 Å². The fourth-order valence-corrected chi connectivity index (χ4v) is 2.70. The van der Waals surface area contributed by atoms with Crippen molar-refractivity contribution in [3.05, 3.63) is 28.3 Å². The van der Waals surface area contributed by atoms with E-state index in [-0.39, 0.29) is 16.7 Å². The Balaban J connectivity index is 2.19. The van der Waals surface area contributed by atoms with Gasteiger partial charge in [0, 0.05) is 25.7 Å². The third-order valence-electron chi connectivity index (χ3n) is 4.06. The van der Waals surface area contributed by atoms with Crippen LogP contribution in [-0.4, -0.2) is 42.5 Å². The molecule has 2 unspecified atom stereocenters. The molecule has 0 radical (unpaired) electrons. The summed E-state index contributed by atoms with van der Waals surface area (Å²) in [6.07, 6.45) is 2.00. The number of rotatable bonds is 4. The predicted octanol–water partition coefficient (Wildman–Crippen LogP) is 2.53. The van der Waals surface area contributed by atoms with Crippen LogP contribution >= 0.6 is 0 Å². The number of nitrogens with one attached hydrogen (secondary N) is 2. The maximum Gasteiger partial charge on any atom is 0.315 e. The number of anilines is 2. The predicted molar refractivity (Wildman–Crippen MR) is 81.4 cm³/mol. The number of likely N-dealkylation sites (tertiary alicyclic amines) is 1. The smallest absolute Gasteiger partial charge is 0.315 e. The van der Waals surface area contributed by atoms with Gasteiger partial charge in [-0.3, -0.25) is 10.1 Å². The average Bonchev–Trinajstić information content (AvgIpc) is 2.42. The van der Waals surface area contributed by atoms with E-state index in [0.29, 0.717) is 17.4 Å². The summed E-state index contributed by atoms with van der Waals surface area (Å²) >= 11 is 0. The van der Waals surface area contributed by atoms with Crippen molar-refractivity contribution in [3.63, 3.8) is 0 Å². The van der Waals surface area contributed by atoms with Crippen molar-refractivity contribution in [1.29, 1.82) is 0 Å². The maximum absolute atomic E-state index is 11.3. The Labute approximate surface area is 119 Å². The van der Waals surface area contributed by atoms with Crippen molar-refractivity contribution in [2.75, 3.05) is 31.3 Å². The molecule has 0 saturated carbocycles. The molecule has 0 spiro atoms. The molecular formula is C14H22N4O2. The molecule has 1 aliphatic heterocycles. The molecule has 1 heterocycles. The van der Waals surface area contributed by atoms with Crippen LogP contribution in [0, 0.1) is 10.1 Å². The van der Waals surface area contributed by atoms with E-state index in [0.717, 1.165) is 19.4 Å². The van der Waals surface area contributed by atoms with Gasteiger partial charge in [-0.05, 0) is 38.9 Å². The zero-order valence-corrected chi connectivity index (χ0v) is 12.2. The normalized spacial score (nSPS) is 23.4. The molecular weight excluding hydrogens is 256 g/mol. The number of hydrogen-bond acceptors (Lipinski definition) is 5. The lowest BCUT2D eigenvalue weighted by Crippen LogP contribution is -2.42. The number of para-hydroxylation sites is 1. The van der Waals surface area contributed by atoms with Crippen molar-refractivity contribution < 1.29 is 4.92 Å². The first-order chi connectivity index (χ1) is 9.52. The quantitative estimate of drug-likeness (QED) is 0.654. The zero-order chi connectivity index (χ0) is 14.7. The average molecular weight is 278 g/mol. The van der Waals surface area contributed by atoms with Crippen molar-refractivity contribution >= 4 is 17.1 Å². The second kappa shape index (κ2) is 6.09. The van der Waals surface area contributed by atoms with Crippen LogP contribution in [0.5, 0.6) is 0 Å². The molecule has 0 amide bonds. The summed E-state index contributed by atoms with van der Waals surface area (Å²) in [7, 11) is 3.81. The topological polar surface area (TPSA) is 70.4 Å². The second-order valence-electron chi connectivity index (χ2n) is 5.40. The number of nitrogens with zero attached hydrogens (tertiary/aromatic N) is 2. The van der Waals surface area contributed by atoms with Gasteiger partial charge in [0.15, 0.2) is 0 Å². The van der Waals surface area contributed by atoms with Gasteiger partial charge in [-0.25, -0.2) is 0 Å². The van der Waals surface area contributed by atoms with Gasteiger partial charge < -0.3 is 15.5 Å². The minimum absolute atomic E-state index is 0.126. The van der Waals surface area contributed by atoms with E-state index in [2.05, 4.69) is 29.5 Å². The van der Waals surface area contributed by atoms with Crippen LogP contribution in [0.4, 0.5) is 17.1 Å². The molecule has 0 bridgehead atoms. The second-order valence-corrected chi connectivity index (χ2v) is 5.40. The molecule has 1 saturated heterocycles. The van der Waals surface area contributed by atoms with Gasteiger partial charge in [0.1, 0.15) is 11.4 Å². The summed E-state index contributed by atoms with van der Waals surface area (Å²) in [6.45, 7) is 3.20. The van der Waals surface area contributed by atoms with Gasteiger partial charge in [0.2, 0.25) is 0 Å². The van der Waals surface area contributed by atoms with Crippen LogP contribution in [0.2, 0.25) is 0 Å². The van der Waals surface area contributed by atoms with Crippen LogP contribution in [0.25, 0.3) is 0 Å². The van der Waals surface area contributed by atoms with Crippen LogP contribution in [0.3, 0.4) is 0 Å². The van der Waals surface area contributed by atoms with E-state index in [4.69, 9.17) is 0 Å². The minimum atomic E-state index is -0.327. The fourth-order valence-electron chi connectivity index (χ4n) is 2.70. The van der Waals surface area contributed by atoms with Gasteiger partial charge in [-0.2, -0.15) is 0 Å². The molecule has 20 heavy (non-hydrogen) atoms. The van der Waals surface area contributed by atoms with E-state index in [1.807, 2.05) is 6.07 Å². The summed E-state index contributed by atoms with van der Waals surface area (Å²) in [5.74, 6) is 0. The molecule has 1 aromatic carbocycles. The standard InChI is InChI=1S/C14H22N4O2/c1-10-9-11(7-8-17(10)3)16-13-6-4-5-12(15-2)14(13)18(19)20/h4-6,10-11,15-16H,7-9H2,1-3H3. The molecule has 2 N–H and O–H groups in total. The Kier molecular flexibility index (Phi) is 4.44. The largest absolute Gasteiger partial charge is 0.382 e. The highest BCUT2D eigenvalue weighted by Crippen LogP contribution is 2.34. The van der Waals surface area contributed by atoms with Gasteiger partial charge in [-0.15, -0.1) is 0 Å². The number of nitro benzene ring substituents is 1. The first-order valence-electron chi connectivity index (χ1n) is 6.95. The summed E-state index contributed by atoms with van der Waals surface area (Å²) in [4.78, 5) is 13.3. The number of hydrogen-bond donors (Lipinski definition) is 2. The SMILES string of the molecule is CNc1cccc(NC2CCN(C)C(C)C2)c1[N+](=O)[O-]. The third-order valence-corrected chi connectivity index (χ3v) is 4.06. The Bertz CT molecular complexity index is 492. The van der Waals surface area contributed by atoms with Crippen LogP contribution < -0.4 is 10.6 Å². The zero-order valence-electron chi connectivity index (χ0n) is 12.2. The van der Waals surface area contributed by atoms with Crippen molar-refractivity contribution in [1.82, 2.24) is 4.90 Å². The molecule has 1 aromatic rings. The summed E-state index contributed by atoms with van der Waals surface area (Å²) in [6, 6.07) is 6.11. The van der Waals surface area contributed by atoms with E-state index < -0.39 is 0 Å². The maximum atomic E-state index is 11.3. The number of nitro groups is 1. The molecule has 110 valence electrons. The Morgan fingerprint density at radius 1 is 1.40 bits per heavy atom. The summed E-state index contributed by atoms with van der Waals surface area (Å²) in [5, 5.41) is 17.5. The highest BCUT2D eigenvalue weighted by atomic mass is 16.6. The van der Waals surface area contributed by atoms with Crippen LogP contribution in [-0.2, 0) is 0 Å². The molecule has 0 aliphatic carbocycles. The highest BCUT2D eigenvalue weighted by Gasteiger charge is 2.26. The number of piperidine rings is 1. The fraction of sp³-hybridized carbons (Fsp3) is 0.571. The monoisotopic (exact) mass is 278 g/mol. The Morgan fingerprint density at radius 2 is 2.10 bits per heavy atom. The molecule has 2 rings (SSSR count). The van der Waals surface area contributed by atoms with Crippen molar-refractivity contribution in [3.8, 4) is 0 Å². The van der Waals surface area contributed by atoms with Gasteiger partial charge in [0.05, 0.1) is 4.92 Å². The first kappa shape index (κ1) is 14.6. The van der Waals surface area contributed by atoms with Crippen molar-refractivity contribution in [2.45, 2.75) is 31.8 Å². The minimum Gasteiger partial charge on any atom is -0.382 e. The van der Waals surface area contributed by atoms with E-state index in [1.165, 1.54) is 0 Å². The van der Waals surface area contributed by atoms with E-state index in [9.17, 15) is 10.1 Å². The van der Waals surface area contributed by atoms with Gasteiger partial charge >= 0.3 is 5.69 Å². The van der Waals surface area contributed by atoms with E-state index >= 15 is 0 Å². The summed E-state index contributed by atoms with van der Waals surface area (Å²) < 4.78 is 0. The molecule has 2 atom stereocenters. The van der Waals surface area contributed by atoms with Crippen LogP contribution in [0.1, 0.15) is 19.8 Å². The van der Waals surface area contributed by atoms with E-state index in [1.54, 1.807) is 19.2 Å². The molecule has 6 heteroatoms. The van der Waals surface area contributed by atoms with Crippen molar-refractivity contribution in [2.24, 2.45) is 0 Å². The van der Waals surface area contributed by atoms with Crippen LogP contribution in [0.15, 0.2) is 18.2 Å². The summed E-state index contributed by atoms with van der Waals surface area (Å²) in [5.41, 5.74) is 1.27.